The Labute approximate surface area is 69.5 Å². The monoisotopic (exact) mass is 156 g/mol. The van der Waals surface area contributed by atoms with Crippen LogP contribution < -0.4 is 11.1 Å². The largest absolute Gasteiger partial charge is 0.326 e. The molecule has 3 N–H and O–H groups in total. The molecule has 0 aliphatic carbocycles. The summed E-state index contributed by atoms with van der Waals surface area (Å²) in [4.78, 5) is 0. The number of rotatable bonds is 0. The van der Waals surface area contributed by atoms with Crippen LogP contribution in [0, 0.1) is 11.3 Å². The Hall–Kier alpha value is -0.0800. The van der Waals surface area contributed by atoms with Crippen LogP contribution in [0.25, 0.3) is 0 Å². The zero-order valence-corrected chi connectivity index (χ0v) is 7.85. The summed E-state index contributed by atoms with van der Waals surface area (Å²) in [6.07, 6.45) is 1.23. The molecule has 11 heavy (non-hydrogen) atoms. The molecule has 0 aromatic rings. The lowest BCUT2D eigenvalue weighted by Crippen LogP contribution is -2.50. The highest BCUT2D eigenvalue weighted by Gasteiger charge is 2.31. The van der Waals surface area contributed by atoms with Crippen LogP contribution in [-0.2, 0) is 0 Å². The van der Waals surface area contributed by atoms with Crippen LogP contribution in [0.2, 0.25) is 0 Å². The van der Waals surface area contributed by atoms with Crippen molar-refractivity contribution in [3.63, 3.8) is 0 Å². The molecule has 2 unspecified atom stereocenters. The molecule has 0 radical (unpaired) electrons. The summed E-state index contributed by atoms with van der Waals surface area (Å²) in [6, 6.07) is 0.351. The van der Waals surface area contributed by atoms with Gasteiger partial charge in [0.15, 0.2) is 0 Å². The Kier molecular flexibility index (Phi) is 2.55. The molecular weight excluding hydrogens is 136 g/mol. The molecule has 2 atom stereocenters. The Morgan fingerprint density at radius 2 is 2.00 bits per heavy atom. The van der Waals surface area contributed by atoms with Gasteiger partial charge in [0.1, 0.15) is 0 Å². The van der Waals surface area contributed by atoms with Crippen molar-refractivity contribution in [1.82, 2.24) is 5.32 Å². The lowest BCUT2D eigenvalue weighted by atomic mass is 9.73. The van der Waals surface area contributed by atoms with E-state index >= 15 is 0 Å². The van der Waals surface area contributed by atoms with Gasteiger partial charge in [0.25, 0.3) is 0 Å². The standard InChI is InChI=1S/C9H20N2/c1-9(2,3)7-4-5-11-6-8(7)10/h7-8,11H,4-6,10H2,1-3H3. The fraction of sp³-hybridized carbons (Fsp3) is 1.00. The highest BCUT2D eigenvalue weighted by molar-refractivity contribution is 4.87. The van der Waals surface area contributed by atoms with E-state index in [1.54, 1.807) is 0 Å². The molecule has 0 amide bonds. The minimum atomic E-state index is 0.351. The van der Waals surface area contributed by atoms with Crippen molar-refractivity contribution in [2.24, 2.45) is 17.1 Å². The van der Waals surface area contributed by atoms with Gasteiger partial charge in [-0.3, -0.25) is 0 Å². The lowest BCUT2D eigenvalue weighted by Gasteiger charge is -2.38. The molecular formula is C9H20N2. The summed E-state index contributed by atoms with van der Waals surface area (Å²) >= 11 is 0. The van der Waals surface area contributed by atoms with E-state index in [2.05, 4.69) is 26.1 Å². The fourth-order valence-corrected chi connectivity index (χ4v) is 1.96. The first-order chi connectivity index (χ1) is 5.02. The summed E-state index contributed by atoms with van der Waals surface area (Å²) in [7, 11) is 0. The van der Waals surface area contributed by atoms with E-state index in [0.29, 0.717) is 17.4 Å². The maximum Gasteiger partial charge on any atom is 0.0199 e. The summed E-state index contributed by atoms with van der Waals surface area (Å²) in [6.45, 7) is 8.96. The number of hydrogen-bond donors (Lipinski definition) is 2. The molecule has 0 spiro atoms. The Morgan fingerprint density at radius 3 is 2.36 bits per heavy atom. The van der Waals surface area contributed by atoms with Gasteiger partial charge >= 0.3 is 0 Å². The average molecular weight is 156 g/mol. The first kappa shape index (κ1) is 9.01. The molecule has 1 aliphatic heterocycles. The van der Waals surface area contributed by atoms with Crippen molar-refractivity contribution >= 4 is 0 Å². The topological polar surface area (TPSA) is 38.0 Å². The molecule has 0 aromatic heterocycles. The van der Waals surface area contributed by atoms with Crippen molar-refractivity contribution in [3.05, 3.63) is 0 Å². The molecule has 1 aliphatic rings. The Morgan fingerprint density at radius 1 is 1.36 bits per heavy atom. The van der Waals surface area contributed by atoms with E-state index in [9.17, 15) is 0 Å². The van der Waals surface area contributed by atoms with Gasteiger partial charge in [0.05, 0.1) is 0 Å². The third-order valence-corrected chi connectivity index (χ3v) is 2.64. The second-order valence-corrected chi connectivity index (χ2v) is 4.63. The van der Waals surface area contributed by atoms with Gasteiger partial charge in [0.2, 0.25) is 0 Å². The number of nitrogens with two attached hydrogens (primary N) is 1. The highest BCUT2D eigenvalue weighted by Crippen LogP contribution is 2.31. The van der Waals surface area contributed by atoms with E-state index in [1.165, 1.54) is 6.42 Å². The van der Waals surface area contributed by atoms with Gasteiger partial charge in [0, 0.05) is 12.6 Å². The Bertz CT molecular complexity index is 126. The van der Waals surface area contributed by atoms with Gasteiger partial charge in [-0.15, -0.1) is 0 Å². The third-order valence-electron chi connectivity index (χ3n) is 2.64. The normalized spacial score (nSPS) is 33.8. The van der Waals surface area contributed by atoms with Gasteiger partial charge in [-0.2, -0.15) is 0 Å². The van der Waals surface area contributed by atoms with Crippen LogP contribution in [0.5, 0.6) is 0 Å². The van der Waals surface area contributed by atoms with Crippen molar-refractivity contribution in [2.75, 3.05) is 13.1 Å². The van der Waals surface area contributed by atoms with Crippen LogP contribution in [0.3, 0.4) is 0 Å². The summed E-state index contributed by atoms with van der Waals surface area (Å²) in [5, 5.41) is 3.31. The Balaban J connectivity index is 2.55. The van der Waals surface area contributed by atoms with Crippen molar-refractivity contribution in [3.8, 4) is 0 Å². The van der Waals surface area contributed by atoms with Crippen LogP contribution >= 0.6 is 0 Å². The molecule has 66 valence electrons. The van der Waals surface area contributed by atoms with Crippen molar-refractivity contribution in [2.45, 2.75) is 33.2 Å². The number of piperidine rings is 1. The van der Waals surface area contributed by atoms with Crippen LogP contribution in [-0.4, -0.2) is 19.1 Å². The zero-order valence-electron chi connectivity index (χ0n) is 7.85. The quantitative estimate of drug-likeness (QED) is 0.548. The van der Waals surface area contributed by atoms with Crippen molar-refractivity contribution < 1.29 is 0 Å². The molecule has 2 heteroatoms. The van der Waals surface area contributed by atoms with Gasteiger partial charge in [-0.05, 0) is 24.3 Å². The maximum absolute atomic E-state index is 6.00. The van der Waals surface area contributed by atoms with Crippen LogP contribution in [0.15, 0.2) is 0 Å². The maximum atomic E-state index is 6.00. The average Bonchev–Trinajstić information content (AvgIpc) is 1.86. The molecule has 1 heterocycles. The number of hydrogen-bond acceptors (Lipinski definition) is 2. The van der Waals surface area contributed by atoms with Gasteiger partial charge in [-0.1, -0.05) is 20.8 Å². The molecule has 0 aromatic carbocycles. The fourth-order valence-electron chi connectivity index (χ4n) is 1.96. The second kappa shape index (κ2) is 3.11. The SMILES string of the molecule is CC(C)(C)C1CCNCC1N. The summed E-state index contributed by atoms with van der Waals surface area (Å²) in [5.74, 6) is 0.684. The van der Waals surface area contributed by atoms with Crippen molar-refractivity contribution in [1.29, 1.82) is 0 Å². The second-order valence-electron chi connectivity index (χ2n) is 4.63. The predicted octanol–water partition coefficient (Wildman–Crippen LogP) is 0.969. The van der Waals surface area contributed by atoms with Gasteiger partial charge < -0.3 is 11.1 Å². The third kappa shape index (κ3) is 2.17. The van der Waals surface area contributed by atoms with E-state index < -0.39 is 0 Å². The molecule has 1 rings (SSSR count). The van der Waals surface area contributed by atoms with E-state index in [4.69, 9.17) is 5.73 Å². The highest BCUT2D eigenvalue weighted by atomic mass is 14.9. The minimum absolute atomic E-state index is 0.351. The molecule has 2 nitrogen and oxygen atoms in total. The molecule has 0 bridgehead atoms. The molecule has 1 fully saturated rings. The van der Waals surface area contributed by atoms with Gasteiger partial charge in [-0.25, -0.2) is 0 Å². The van der Waals surface area contributed by atoms with E-state index in [-0.39, 0.29) is 0 Å². The zero-order chi connectivity index (χ0) is 8.48. The predicted molar refractivity (Wildman–Crippen MR) is 48.4 cm³/mol. The van der Waals surface area contributed by atoms with E-state index in [1.807, 2.05) is 0 Å². The summed E-state index contributed by atoms with van der Waals surface area (Å²) in [5.41, 5.74) is 6.38. The van der Waals surface area contributed by atoms with E-state index in [0.717, 1.165) is 13.1 Å². The lowest BCUT2D eigenvalue weighted by molar-refractivity contribution is 0.163. The molecule has 1 saturated heterocycles. The first-order valence-corrected chi connectivity index (χ1v) is 4.48. The van der Waals surface area contributed by atoms with Crippen LogP contribution in [0.4, 0.5) is 0 Å². The smallest absolute Gasteiger partial charge is 0.0199 e. The molecule has 0 saturated carbocycles. The minimum Gasteiger partial charge on any atom is -0.326 e. The van der Waals surface area contributed by atoms with Crippen LogP contribution in [0.1, 0.15) is 27.2 Å². The number of nitrogens with one attached hydrogen (secondary N) is 1. The first-order valence-electron chi connectivity index (χ1n) is 4.48. The summed E-state index contributed by atoms with van der Waals surface area (Å²) < 4.78 is 0.